The SMILES string of the molecule is Cc1ccc(CN2CCC3(CCNCC3)C2)cc1F. The van der Waals surface area contributed by atoms with Crippen LogP contribution in [-0.4, -0.2) is 31.1 Å². The van der Waals surface area contributed by atoms with E-state index < -0.39 is 0 Å². The fraction of sp³-hybridized carbons (Fsp3) is 0.625. The number of piperidine rings is 1. The van der Waals surface area contributed by atoms with Gasteiger partial charge in [-0.1, -0.05) is 12.1 Å². The molecule has 1 N–H and O–H groups in total. The van der Waals surface area contributed by atoms with Gasteiger partial charge in [-0.2, -0.15) is 0 Å². The van der Waals surface area contributed by atoms with Crippen molar-refractivity contribution in [2.75, 3.05) is 26.2 Å². The number of nitrogens with one attached hydrogen (secondary N) is 1. The van der Waals surface area contributed by atoms with Crippen LogP contribution in [0, 0.1) is 18.2 Å². The predicted molar refractivity (Wildman–Crippen MR) is 75.6 cm³/mol. The first-order chi connectivity index (χ1) is 9.17. The molecular formula is C16H23FN2. The van der Waals surface area contributed by atoms with Crippen LogP contribution in [-0.2, 0) is 6.54 Å². The summed E-state index contributed by atoms with van der Waals surface area (Å²) in [5.41, 5.74) is 2.38. The molecule has 0 amide bonds. The lowest BCUT2D eigenvalue weighted by molar-refractivity contribution is 0.194. The second-order valence-electron chi connectivity index (χ2n) is 6.29. The second kappa shape index (κ2) is 5.22. The fourth-order valence-corrected chi connectivity index (χ4v) is 3.52. The monoisotopic (exact) mass is 262 g/mol. The number of halogens is 1. The third-order valence-corrected chi connectivity index (χ3v) is 4.82. The molecule has 1 aromatic rings. The molecule has 0 radical (unpaired) electrons. The van der Waals surface area contributed by atoms with Gasteiger partial charge in [-0.3, -0.25) is 4.90 Å². The summed E-state index contributed by atoms with van der Waals surface area (Å²) in [4.78, 5) is 2.50. The van der Waals surface area contributed by atoms with E-state index in [4.69, 9.17) is 0 Å². The van der Waals surface area contributed by atoms with E-state index in [1.165, 1.54) is 25.8 Å². The van der Waals surface area contributed by atoms with Crippen molar-refractivity contribution >= 4 is 0 Å². The van der Waals surface area contributed by atoms with E-state index in [1.54, 1.807) is 6.07 Å². The minimum absolute atomic E-state index is 0.0757. The van der Waals surface area contributed by atoms with E-state index in [9.17, 15) is 4.39 Å². The number of aryl methyl sites for hydroxylation is 1. The molecule has 1 spiro atoms. The minimum atomic E-state index is -0.0757. The third-order valence-electron chi connectivity index (χ3n) is 4.82. The molecule has 3 rings (SSSR count). The van der Waals surface area contributed by atoms with Gasteiger partial charge in [0.1, 0.15) is 5.82 Å². The normalized spacial score (nSPS) is 23.1. The largest absolute Gasteiger partial charge is 0.317 e. The first-order valence-electron chi connectivity index (χ1n) is 7.35. The number of benzene rings is 1. The van der Waals surface area contributed by atoms with Crippen molar-refractivity contribution in [1.29, 1.82) is 0 Å². The molecule has 0 aromatic heterocycles. The van der Waals surface area contributed by atoms with Gasteiger partial charge in [0.2, 0.25) is 0 Å². The minimum Gasteiger partial charge on any atom is -0.317 e. The number of nitrogens with zero attached hydrogens (tertiary/aromatic N) is 1. The maximum Gasteiger partial charge on any atom is 0.126 e. The van der Waals surface area contributed by atoms with E-state index in [0.717, 1.165) is 37.3 Å². The van der Waals surface area contributed by atoms with Crippen molar-refractivity contribution in [2.45, 2.75) is 32.7 Å². The summed E-state index contributed by atoms with van der Waals surface area (Å²) in [6, 6.07) is 5.65. The van der Waals surface area contributed by atoms with Crippen LogP contribution < -0.4 is 5.32 Å². The smallest absolute Gasteiger partial charge is 0.126 e. The summed E-state index contributed by atoms with van der Waals surface area (Å²) in [5, 5.41) is 3.45. The van der Waals surface area contributed by atoms with E-state index in [2.05, 4.69) is 16.3 Å². The van der Waals surface area contributed by atoms with Crippen molar-refractivity contribution < 1.29 is 4.39 Å². The maximum absolute atomic E-state index is 13.6. The van der Waals surface area contributed by atoms with Crippen LogP contribution in [0.15, 0.2) is 18.2 Å². The standard InChI is InChI=1S/C16H23FN2/c1-13-2-3-14(10-15(13)17)11-19-9-6-16(12-19)4-7-18-8-5-16/h2-3,10,18H,4-9,11-12H2,1H3. The molecule has 2 aliphatic heterocycles. The highest BCUT2D eigenvalue weighted by Gasteiger charge is 2.38. The number of hydrogen-bond donors (Lipinski definition) is 1. The summed E-state index contributed by atoms with van der Waals surface area (Å²) in [6.07, 6.45) is 3.90. The molecular weight excluding hydrogens is 239 g/mol. The number of hydrogen-bond acceptors (Lipinski definition) is 2. The molecule has 0 aliphatic carbocycles. The van der Waals surface area contributed by atoms with Crippen molar-refractivity contribution in [1.82, 2.24) is 10.2 Å². The first-order valence-corrected chi connectivity index (χ1v) is 7.35. The van der Waals surface area contributed by atoms with E-state index in [1.807, 2.05) is 13.0 Å². The Balaban J connectivity index is 1.63. The number of rotatable bonds is 2. The zero-order chi connectivity index (χ0) is 13.3. The topological polar surface area (TPSA) is 15.3 Å². The lowest BCUT2D eigenvalue weighted by Crippen LogP contribution is -2.38. The van der Waals surface area contributed by atoms with Crippen LogP contribution in [0.4, 0.5) is 4.39 Å². The average Bonchev–Trinajstić information content (AvgIpc) is 2.78. The van der Waals surface area contributed by atoms with Gasteiger partial charge in [0.15, 0.2) is 0 Å². The van der Waals surface area contributed by atoms with Crippen molar-refractivity contribution in [3.63, 3.8) is 0 Å². The molecule has 2 aliphatic rings. The van der Waals surface area contributed by atoms with Crippen molar-refractivity contribution in [3.8, 4) is 0 Å². The molecule has 19 heavy (non-hydrogen) atoms. The summed E-state index contributed by atoms with van der Waals surface area (Å²) in [6.45, 7) is 7.38. The molecule has 0 saturated carbocycles. The van der Waals surface area contributed by atoms with Crippen LogP contribution in [0.3, 0.4) is 0 Å². The van der Waals surface area contributed by atoms with Gasteiger partial charge in [-0.15, -0.1) is 0 Å². The van der Waals surface area contributed by atoms with E-state index in [0.29, 0.717) is 5.41 Å². The van der Waals surface area contributed by atoms with Gasteiger partial charge >= 0.3 is 0 Å². The predicted octanol–water partition coefficient (Wildman–Crippen LogP) is 2.71. The van der Waals surface area contributed by atoms with Crippen LogP contribution in [0.25, 0.3) is 0 Å². The summed E-state index contributed by atoms with van der Waals surface area (Å²) in [7, 11) is 0. The first kappa shape index (κ1) is 13.1. The highest BCUT2D eigenvalue weighted by atomic mass is 19.1. The summed E-state index contributed by atoms with van der Waals surface area (Å²) < 4.78 is 13.6. The van der Waals surface area contributed by atoms with E-state index >= 15 is 0 Å². The van der Waals surface area contributed by atoms with Crippen LogP contribution in [0.2, 0.25) is 0 Å². The summed E-state index contributed by atoms with van der Waals surface area (Å²) >= 11 is 0. The molecule has 3 heteroatoms. The van der Waals surface area contributed by atoms with Gasteiger partial charge in [-0.05, 0) is 68.4 Å². The lowest BCUT2D eigenvalue weighted by atomic mass is 9.78. The van der Waals surface area contributed by atoms with Gasteiger partial charge < -0.3 is 5.32 Å². The van der Waals surface area contributed by atoms with Crippen molar-refractivity contribution in [2.24, 2.45) is 5.41 Å². The van der Waals surface area contributed by atoms with Crippen LogP contribution >= 0.6 is 0 Å². The molecule has 104 valence electrons. The molecule has 1 aromatic carbocycles. The quantitative estimate of drug-likeness (QED) is 0.881. The van der Waals surface area contributed by atoms with Crippen LogP contribution in [0.1, 0.15) is 30.4 Å². The zero-order valence-corrected chi connectivity index (χ0v) is 11.7. The molecule has 0 unspecified atom stereocenters. The maximum atomic E-state index is 13.6. The van der Waals surface area contributed by atoms with Crippen LogP contribution in [0.5, 0.6) is 0 Å². The Kier molecular flexibility index (Phi) is 3.59. The van der Waals surface area contributed by atoms with Crippen molar-refractivity contribution in [3.05, 3.63) is 35.1 Å². The van der Waals surface area contributed by atoms with Gasteiger partial charge in [0.05, 0.1) is 0 Å². The Morgan fingerprint density at radius 2 is 2.05 bits per heavy atom. The van der Waals surface area contributed by atoms with Gasteiger partial charge in [0.25, 0.3) is 0 Å². The Bertz CT molecular complexity index is 452. The average molecular weight is 262 g/mol. The molecule has 0 atom stereocenters. The second-order valence-corrected chi connectivity index (χ2v) is 6.29. The van der Waals surface area contributed by atoms with E-state index in [-0.39, 0.29) is 5.82 Å². The Morgan fingerprint density at radius 1 is 1.26 bits per heavy atom. The molecule has 2 saturated heterocycles. The van der Waals surface area contributed by atoms with Gasteiger partial charge in [0, 0.05) is 13.1 Å². The molecule has 2 heterocycles. The Labute approximate surface area is 115 Å². The third kappa shape index (κ3) is 2.82. The Hall–Kier alpha value is -0.930. The summed E-state index contributed by atoms with van der Waals surface area (Å²) in [5.74, 6) is -0.0757. The zero-order valence-electron chi connectivity index (χ0n) is 11.7. The highest BCUT2D eigenvalue weighted by Crippen LogP contribution is 2.39. The van der Waals surface area contributed by atoms with Gasteiger partial charge in [-0.25, -0.2) is 4.39 Å². The molecule has 2 fully saturated rings. The fourth-order valence-electron chi connectivity index (χ4n) is 3.52. The lowest BCUT2D eigenvalue weighted by Gasteiger charge is -2.33. The molecule has 2 nitrogen and oxygen atoms in total. The molecule has 0 bridgehead atoms. The highest BCUT2D eigenvalue weighted by molar-refractivity contribution is 5.23. The Morgan fingerprint density at radius 3 is 2.79 bits per heavy atom. The number of likely N-dealkylation sites (tertiary alicyclic amines) is 1.